The molecule has 1 saturated heterocycles. The van der Waals surface area contributed by atoms with E-state index in [2.05, 4.69) is 0 Å². The first-order valence-corrected chi connectivity index (χ1v) is 6.21. The molecule has 1 amide bonds. The molecule has 0 bridgehead atoms. The molecule has 4 heteroatoms. The molecule has 2 aliphatic rings. The molecule has 0 aromatic heterocycles. The van der Waals surface area contributed by atoms with Crippen molar-refractivity contribution in [3.05, 3.63) is 0 Å². The number of esters is 1. The van der Waals surface area contributed by atoms with Gasteiger partial charge in [0.15, 0.2) is 0 Å². The minimum absolute atomic E-state index is 0.270. The monoisotopic (exact) mass is 225 g/mol. The molecule has 0 aromatic carbocycles. The second kappa shape index (κ2) is 4.85. The Labute approximate surface area is 95.9 Å². The van der Waals surface area contributed by atoms with Gasteiger partial charge in [-0.05, 0) is 38.5 Å². The van der Waals surface area contributed by atoms with Crippen LogP contribution in [0.1, 0.15) is 39.0 Å². The topological polar surface area (TPSA) is 46.6 Å². The largest absolute Gasteiger partial charge is 0.459 e. The summed E-state index contributed by atoms with van der Waals surface area (Å²) in [7, 11) is 0. The van der Waals surface area contributed by atoms with Gasteiger partial charge in [-0.2, -0.15) is 0 Å². The van der Waals surface area contributed by atoms with Gasteiger partial charge in [0.2, 0.25) is 0 Å². The Morgan fingerprint density at radius 1 is 1.25 bits per heavy atom. The van der Waals surface area contributed by atoms with Crippen LogP contribution in [0.2, 0.25) is 0 Å². The number of ether oxygens (including phenoxy) is 1. The number of likely N-dealkylation sites (tertiary alicyclic amines) is 1. The summed E-state index contributed by atoms with van der Waals surface area (Å²) in [5, 5.41) is 0. The van der Waals surface area contributed by atoms with E-state index in [1.165, 1.54) is 19.3 Å². The Bertz CT molecular complexity index is 290. The highest BCUT2D eigenvalue weighted by molar-refractivity contribution is 6.32. The van der Waals surface area contributed by atoms with E-state index in [0.29, 0.717) is 12.0 Å². The number of carbonyl (C=O) groups excluding carboxylic acids is 2. The predicted octanol–water partition coefficient (Wildman–Crippen LogP) is 1.34. The molecule has 0 radical (unpaired) electrons. The van der Waals surface area contributed by atoms with Crippen molar-refractivity contribution < 1.29 is 14.3 Å². The summed E-state index contributed by atoms with van der Waals surface area (Å²) in [5.74, 6) is -0.499. The summed E-state index contributed by atoms with van der Waals surface area (Å²) in [6.45, 7) is 2.71. The summed E-state index contributed by atoms with van der Waals surface area (Å²) in [6, 6.07) is 0.297. The molecule has 0 aromatic rings. The number of fused-ring (bicyclic) bond motifs is 1. The summed E-state index contributed by atoms with van der Waals surface area (Å²) < 4.78 is 4.78. The van der Waals surface area contributed by atoms with E-state index >= 15 is 0 Å². The van der Waals surface area contributed by atoms with Crippen LogP contribution in [0.4, 0.5) is 0 Å². The van der Waals surface area contributed by atoms with Gasteiger partial charge in [0.1, 0.15) is 0 Å². The number of nitrogens with zero attached hydrogens (tertiary/aromatic N) is 1. The van der Waals surface area contributed by atoms with Crippen molar-refractivity contribution in [2.24, 2.45) is 5.92 Å². The van der Waals surface area contributed by atoms with Crippen molar-refractivity contribution >= 4 is 11.9 Å². The van der Waals surface area contributed by atoms with E-state index < -0.39 is 11.9 Å². The minimum atomic E-state index is -0.685. The Morgan fingerprint density at radius 3 is 2.75 bits per heavy atom. The molecule has 90 valence electrons. The number of piperidine rings is 1. The molecule has 2 atom stereocenters. The fourth-order valence-electron chi connectivity index (χ4n) is 3.02. The normalized spacial score (nSPS) is 28.7. The van der Waals surface area contributed by atoms with Gasteiger partial charge in [0, 0.05) is 12.6 Å². The molecule has 1 aliphatic carbocycles. The zero-order chi connectivity index (χ0) is 11.5. The highest BCUT2D eigenvalue weighted by Crippen LogP contribution is 2.36. The van der Waals surface area contributed by atoms with Crippen LogP contribution < -0.4 is 0 Å². The maximum atomic E-state index is 11.9. The third kappa shape index (κ3) is 2.06. The van der Waals surface area contributed by atoms with Gasteiger partial charge in [-0.15, -0.1) is 0 Å². The van der Waals surface area contributed by atoms with Crippen molar-refractivity contribution in [1.29, 1.82) is 0 Å². The fraction of sp³-hybridized carbons (Fsp3) is 0.833. The van der Waals surface area contributed by atoms with E-state index in [4.69, 9.17) is 4.74 Å². The molecule has 1 heterocycles. The van der Waals surface area contributed by atoms with Crippen LogP contribution in [-0.2, 0) is 14.3 Å². The average Bonchev–Trinajstić information content (AvgIpc) is 2.76. The van der Waals surface area contributed by atoms with E-state index in [9.17, 15) is 9.59 Å². The first-order chi connectivity index (χ1) is 7.74. The summed E-state index contributed by atoms with van der Waals surface area (Å²) in [5.41, 5.74) is 0. The third-order valence-corrected chi connectivity index (χ3v) is 3.70. The van der Waals surface area contributed by atoms with Crippen molar-refractivity contribution in [1.82, 2.24) is 4.90 Å². The van der Waals surface area contributed by atoms with Gasteiger partial charge in [-0.25, -0.2) is 4.79 Å². The van der Waals surface area contributed by atoms with E-state index in [-0.39, 0.29) is 6.61 Å². The Morgan fingerprint density at radius 2 is 2.00 bits per heavy atom. The smallest absolute Gasteiger partial charge is 0.397 e. The SMILES string of the molecule is CCOC(=O)C(=O)N1CCCC2CCCC21. The molecule has 2 unspecified atom stereocenters. The Balaban J connectivity index is 2.02. The molecule has 0 spiro atoms. The molecule has 4 nitrogen and oxygen atoms in total. The number of amides is 1. The fourth-order valence-corrected chi connectivity index (χ4v) is 3.02. The van der Waals surface area contributed by atoms with Crippen LogP contribution >= 0.6 is 0 Å². The molecular formula is C12H19NO3. The number of hydrogen-bond donors (Lipinski definition) is 0. The van der Waals surface area contributed by atoms with E-state index in [1.54, 1.807) is 11.8 Å². The molecule has 2 rings (SSSR count). The molecule has 1 aliphatic heterocycles. The van der Waals surface area contributed by atoms with Crippen LogP contribution in [0.3, 0.4) is 0 Å². The summed E-state index contributed by atoms with van der Waals surface area (Å²) in [6.07, 6.45) is 5.67. The Kier molecular flexibility index (Phi) is 3.46. The number of carbonyl (C=O) groups is 2. The van der Waals surface area contributed by atoms with Crippen molar-refractivity contribution in [3.63, 3.8) is 0 Å². The molecular weight excluding hydrogens is 206 g/mol. The van der Waals surface area contributed by atoms with E-state index in [1.807, 2.05) is 0 Å². The van der Waals surface area contributed by atoms with Crippen molar-refractivity contribution in [2.45, 2.75) is 45.1 Å². The molecule has 1 saturated carbocycles. The van der Waals surface area contributed by atoms with Gasteiger partial charge in [0.25, 0.3) is 0 Å². The van der Waals surface area contributed by atoms with Crippen LogP contribution in [0, 0.1) is 5.92 Å². The minimum Gasteiger partial charge on any atom is -0.459 e. The standard InChI is InChI=1S/C12H19NO3/c1-2-16-12(15)11(14)13-8-4-6-9-5-3-7-10(9)13/h9-10H,2-8H2,1H3. The van der Waals surface area contributed by atoms with Gasteiger partial charge < -0.3 is 9.64 Å². The zero-order valence-corrected chi connectivity index (χ0v) is 9.78. The lowest BCUT2D eigenvalue weighted by Crippen LogP contribution is -2.49. The van der Waals surface area contributed by atoms with Crippen LogP contribution in [0.5, 0.6) is 0 Å². The maximum absolute atomic E-state index is 11.9. The van der Waals surface area contributed by atoms with Crippen LogP contribution in [0.25, 0.3) is 0 Å². The highest BCUT2D eigenvalue weighted by atomic mass is 16.5. The predicted molar refractivity (Wildman–Crippen MR) is 58.7 cm³/mol. The summed E-state index contributed by atoms with van der Waals surface area (Å²) in [4.78, 5) is 25.0. The van der Waals surface area contributed by atoms with Gasteiger partial charge in [-0.3, -0.25) is 4.79 Å². The lowest BCUT2D eigenvalue weighted by molar-refractivity contribution is -0.162. The van der Waals surface area contributed by atoms with Gasteiger partial charge >= 0.3 is 11.9 Å². The summed E-state index contributed by atoms with van der Waals surface area (Å²) >= 11 is 0. The molecule has 2 fully saturated rings. The number of rotatable bonds is 1. The first kappa shape index (κ1) is 11.4. The lowest BCUT2D eigenvalue weighted by Gasteiger charge is -2.36. The van der Waals surface area contributed by atoms with Crippen LogP contribution in [-0.4, -0.2) is 36.0 Å². The number of hydrogen-bond acceptors (Lipinski definition) is 3. The van der Waals surface area contributed by atoms with E-state index in [0.717, 1.165) is 19.4 Å². The zero-order valence-electron chi connectivity index (χ0n) is 9.78. The van der Waals surface area contributed by atoms with Crippen molar-refractivity contribution in [3.8, 4) is 0 Å². The van der Waals surface area contributed by atoms with Gasteiger partial charge in [0.05, 0.1) is 6.61 Å². The second-order valence-electron chi connectivity index (χ2n) is 4.62. The van der Waals surface area contributed by atoms with Gasteiger partial charge in [-0.1, -0.05) is 6.42 Å². The third-order valence-electron chi connectivity index (χ3n) is 3.70. The maximum Gasteiger partial charge on any atom is 0.397 e. The Hall–Kier alpha value is -1.06. The highest BCUT2D eigenvalue weighted by Gasteiger charge is 2.39. The first-order valence-electron chi connectivity index (χ1n) is 6.21. The van der Waals surface area contributed by atoms with Crippen LogP contribution in [0.15, 0.2) is 0 Å². The lowest BCUT2D eigenvalue weighted by atomic mass is 9.92. The van der Waals surface area contributed by atoms with Crippen molar-refractivity contribution in [2.75, 3.05) is 13.2 Å². The average molecular weight is 225 g/mol. The quantitative estimate of drug-likeness (QED) is 0.500. The molecule has 16 heavy (non-hydrogen) atoms. The molecule has 0 N–H and O–H groups in total. The second-order valence-corrected chi connectivity index (χ2v) is 4.62.